The van der Waals surface area contributed by atoms with Crippen molar-refractivity contribution in [2.45, 2.75) is 25.5 Å². The lowest BCUT2D eigenvalue weighted by Gasteiger charge is -2.31. The highest BCUT2D eigenvalue weighted by molar-refractivity contribution is 7.88. The van der Waals surface area contributed by atoms with E-state index in [1.54, 1.807) is 36.4 Å². The van der Waals surface area contributed by atoms with Crippen LogP contribution in [-0.2, 0) is 20.6 Å². The van der Waals surface area contributed by atoms with Gasteiger partial charge in [0.2, 0.25) is 15.9 Å². The van der Waals surface area contributed by atoms with E-state index in [2.05, 4.69) is 5.32 Å². The van der Waals surface area contributed by atoms with Crippen LogP contribution < -0.4 is 10.1 Å². The Balaban J connectivity index is 1.68. The number of nitrogens with one attached hydrogen (secondary N) is 1. The van der Waals surface area contributed by atoms with Gasteiger partial charge < -0.3 is 10.1 Å². The monoisotopic (exact) mass is 436 g/mol. The third kappa shape index (κ3) is 5.50. The molecule has 1 aliphatic heterocycles. The highest BCUT2D eigenvalue weighted by atomic mass is 35.5. The van der Waals surface area contributed by atoms with Crippen LogP contribution in [0.3, 0.4) is 0 Å². The van der Waals surface area contributed by atoms with Crippen molar-refractivity contribution in [2.75, 3.05) is 25.0 Å². The number of carbonyl (C=O) groups is 1. The van der Waals surface area contributed by atoms with E-state index in [0.29, 0.717) is 48.0 Å². The van der Waals surface area contributed by atoms with Crippen LogP contribution >= 0.6 is 11.6 Å². The molecule has 3 rings (SSSR count). The summed E-state index contributed by atoms with van der Waals surface area (Å²) in [5.41, 5.74) is 1.15. The zero-order valence-corrected chi connectivity index (χ0v) is 17.9. The van der Waals surface area contributed by atoms with Gasteiger partial charge in [-0.3, -0.25) is 4.79 Å². The Morgan fingerprint density at radius 2 is 1.93 bits per heavy atom. The van der Waals surface area contributed by atoms with E-state index in [1.807, 2.05) is 19.1 Å². The molecule has 1 atom stereocenters. The first kappa shape index (κ1) is 21.6. The topological polar surface area (TPSA) is 75.7 Å². The van der Waals surface area contributed by atoms with E-state index < -0.39 is 15.9 Å². The summed E-state index contributed by atoms with van der Waals surface area (Å²) in [5.74, 6) is -0.189. The molecular weight excluding hydrogens is 412 g/mol. The fourth-order valence-corrected chi connectivity index (χ4v) is 5.32. The SMILES string of the molecule is CCOc1ccccc1NC(=O)C1CCCN(S(=O)(=O)Cc2ccccc2Cl)C1. The van der Waals surface area contributed by atoms with Crippen LogP contribution in [0.4, 0.5) is 5.69 Å². The number of carbonyl (C=O) groups excluding carboxylic acids is 1. The van der Waals surface area contributed by atoms with Crippen molar-refractivity contribution >= 4 is 33.2 Å². The Hall–Kier alpha value is -2.09. The Morgan fingerprint density at radius 1 is 1.21 bits per heavy atom. The molecule has 156 valence electrons. The lowest BCUT2D eigenvalue weighted by Crippen LogP contribution is -2.44. The van der Waals surface area contributed by atoms with Crippen molar-refractivity contribution in [1.29, 1.82) is 0 Å². The number of piperidine rings is 1. The molecule has 1 saturated heterocycles. The second-order valence-corrected chi connectivity index (χ2v) is 9.34. The van der Waals surface area contributed by atoms with Gasteiger partial charge in [0.15, 0.2) is 0 Å². The van der Waals surface area contributed by atoms with Gasteiger partial charge in [-0.2, -0.15) is 0 Å². The molecule has 29 heavy (non-hydrogen) atoms. The lowest BCUT2D eigenvalue weighted by atomic mass is 9.98. The normalized spacial score (nSPS) is 17.7. The first-order valence-electron chi connectivity index (χ1n) is 9.64. The molecule has 0 aromatic heterocycles. The van der Waals surface area contributed by atoms with E-state index in [1.165, 1.54) is 4.31 Å². The lowest BCUT2D eigenvalue weighted by molar-refractivity contribution is -0.120. The molecule has 1 fully saturated rings. The minimum Gasteiger partial charge on any atom is -0.492 e. The summed E-state index contributed by atoms with van der Waals surface area (Å²) in [5, 5.41) is 3.32. The van der Waals surface area contributed by atoms with Crippen molar-refractivity contribution in [3.63, 3.8) is 0 Å². The summed E-state index contributed by atoms with van der Waals surface area (Å²) in [6.07, 6.45) is 1.27. The molecule has 2 aromatic rings. The van der Waals surface area contributed by atoms with Gasteiger partial charge in [0, 0.05) is 18.1 Å². The molecule has 0 radical (unpaired) electrons. The predicted molar refractivity (Wildman–Crippen MR) is 115 cm³/mol. The quantitative estimate of drug-likeness (QED) is 0.713. The smallest absolute Gasteiger partial charge is 0.228 e. The fourth-order valence-electron chi connectivity index (χ4n) is 3.40. The minimum atomic E-state index is -3.57. The van der Waals surface area contributed by atoms with E-state index >= 15 is 0 Å². The van der Waals surface area contributed by atoms with Gasteiger partial charge in [0.1, 0.15) is 5.75 Å². The summed E-state index contributed by atoms with van der Waals surface area (Å²) < 4.78 is 32.7. The zero-order valence-electron chi connectivity index (χ0n) is 16.3. The molecule has 1 aliphatic rings. The van der Waals surface area contributed by atoms with Crippen molar-refractivity contribution in [3.8, 4) is 5.75 Å². The number of amides is 1. The van der Waals surface area contributed by atoms with Crippen LogP contribution in [0, 0.1) is 5.92 Å². The molecule has 0 aliphatic carbocycles. The van der Waals surface area contributed by atoms with Crippen molar-refractivity contribution in [3.05, 3.63) is 59.1 Å². The van der Waals surface area contributed by atoms with E-state index in [4.69, 9.17) is 16.3 Å². The zero-order chi connectivity index (χ0) is 20.9. The number of para-hydroxylation sites is 2. The second-order valence-electron chi connectivity index (χ2n) is 6.96. The fraction of sp³-hybridized carbons (Fsp3) is 0.381. The molecule has 1 unspecified atom stereocenters. The highest BCUT2D eigenvalue weighted by Crippen LogP contribution is 2.27. The van der Waals surface area contributed by atoms with Gasteiger partial charge in [0.05, 0.1) is 24.0 Å². The third-order valence-electron chi connectivity index (χ3n) is 4.89. The van der Waals surface area contributed by atoms with E-state index in [9.17, 15) is 13.2 Å². The minimum absolute atomic E-state index is 0.162. The summed E-state index contributed by atoms with van der Waals surface area (Å²) >= 11 is 6.12. The number of rotatable bonds is 7. The largest absolute Gasteiger partial charge is 0.492 e. The maximum Gasteiger partial charge on any atom is 0.228 e. The van der Waals surface area contributed by atoms with Crippen LogP contribution in [0.25, 0.3) is 0 Å². The Labute approximate surface area is 176 Å². The number of anilines is 1. The predicted octanol–water partition coefficient (Wildman–Crippen LogP) is 3.92. The summed E-state index contributed by atoms with van der Waals surface area (Å²) in [4.78, 5) is 12.8. The number of benzene rings is 2. The number of sulfonamides is 1. The molecule has 8 heteroatoms. The first-order valence-corrected chi connectivity index (χ1v) is 11.6. The molecule has 0 spiro atoms. The highest BCUT2D eigenvalue weighted by Gasteiger charge is 2.33. The van der Waals surface area contributed by atoms with Crippen LogP contribution in [-0.4, -0.2) is 38.3 Å². The molecular formula is C21H25ClN2O4S. The van der Waals surface area contributed by atoms with Gasteiger partial charge in [-0.05, 0) is 43.5 Å². The van der Waals surface area contributed by atoms with E-state index in [0.717, 1.165) is 0 Å². The molecule has 0 saturated carbocycles. The third-order valence-corrected chi connectivity index (χ3v) is 7.05. The van der Waals surface area contributed by atoms with Crippen LogP contribution in [0.5, 0.6) is 5.75 Å². The number of hydrogen-bond donors (Lipinski definition) is 1. The summed E-state index contributed by atoms with van der Waals surface area (Å²) in [6, 6.07) is 14.1. The molecule has 2 aromatic carbocycles. The molecule has 1 N–H and O–H groups in total. The van der Waals surface area contributed by atoms with Gasteiger partial charge >= 0.3 is 0 Å². The van der Waals surface area contributed by atoms with Gasteiger partial charge in [-0.15, -0.1) is 0 Å². The number of halogens is 1. The maximum atomic E-state index is 12.9. The van der Waals surface area contributed by atoms with E-state index in [-0.39, 0.29) is 18.2 Å². The number of ether oxygens (including phenoxy) is 1. The van der Waals surface area contributed by atoms with Crippen molar-refractivity contribution in [1.82, 2.24) is 4.31 Å². The number of nitrogens with zero attached hydrogens (tertiary/aromatic N) is 1. The Morgan fingerprint density at radius 3 is 2.69 bits per heavy atom. The summed E-state index contributed by atoms with van der Waals surface area (Å²) in [7, 11) is -3.57. The average molecular weight is 437 g/mol. The van der Waals surface area contributed by atoms with Gasteiger partial charge in [-0.1, -0.05) is 41.9 Å². The average Bonchev–Trinajstić information content (AvgIpc) is 2.71. The van der Waals surface area contributed by atoms with Crippen LogP contribution in [0.1, 0.15) is 25.3 Å². The number of hydrogen-bond acceptors (Lipinski definition) is 4. The first-order chi connectivity index (χ1) is 13.9. The summed E-state index contributed by atoms with van der Waals surface area (Å²) in [6.45, 7) is 2.94. The van der Waals surface area contributed by atoms with Gasteiger partial charge in [-0.25, -0.2) is 12.7 Å². The van der Waals surface area contributed by atoms with Crippen molar-refractivity contribution < 1.29 is 17.9 Å². The van der Waals surface area contributed by atoms with Crippen LogP contribution in [0.2, 0.25) is 5.02 Å². The molecule has 1 heterocycles. The molecule has 1 amide bonds. The molecule has 6 nitrogen and oxygen atoms in total. The molecule has 0 bridgehead atoms. The van der Waals surface area contributed by atoms with Crippen LogP contribution in [0.15, 0.2) is 48.5 Å². The standard InChI is InChI=1S/C21H25ClN2O4S/c1-2-28-20-12-6-5-11-19(20)23-21(25)16-9-7-13-24(14-16)29(26,27)15-17-8-3-4-10-18(17)22/h3-6,8,10-12,16H,2,7,9,13-15H2,1H3,(H,23,25). The van der Waals surface area contributed by atoms with Crippen molar-refractivity contribution in [2.24, 2.45) is 5.92 Å². The maximum absolute atomic E-state index is 12.9. The van der Waals surface area contributed by atoms with Gasteiger partial charge in [0.25, 0.3) is 0 Å². The Kier molecular flexibility index (Phi) is 7.16. The second kappa shape index (κ2) is 9.61. The Bertz CT molecular complexity index is 965.